The van der Waals surface area contributed by atoms with Crippen LogP contribution in [0.15, 0.2) is 28.3 Å². The maximum Gasteiger partial charge on any atom is 0.246 e. The Bertz CT molecular complexity index is 1000. The fourth-order valence-electron chi connectivity index (χ4n) is 2.83. The molecule has 2 aromatic rings. The third kappa shape index (κ3) is 4.73. The maximum absolute atomic E-state index is 12.5. The number of anilines is 1. The molecule has 0 bridgehead atoms. The van der Waals surface area contributed by atoms with Gasteiger partial charge in [0.25, 0.3) is 0 Å². The summed E-state index contributed by atoms with van der Waals surface area (Å²) in [5.41, 5.74) is 0.382. The molecular weight excluding hydrogens is 414 g/mol. The Kier molecular flexibility index (Phi) is 6.49. The van der Waals surface area contributed by atoms with Crippen LogP contribution in [0, 0.1) is 0 Å². The average Bonchev–Trinajstić information content (AvgIpc) is 3.45. The van der Waals surface area contributed by atoms with Gasteiger partial charge >= 0.3 is 0 Å². The second-order valence-corrected chi connectivity index (χ2v) is 9.91. The smallest absolute Gasteiger partial charge is 0.246 e. The van der Waals surface area contributed by atoms with Crippen molar-refractivity contribution in [3.8, 4) is 5.75 Å². The van der Waals surface area contributed by atoms with Crippen LogP contribution in [-0.4, -0.2) is 60.4 Å². The predicted octanol–water partition coefficient (Wildman–Crippen LogP) is 2.17. The van der Waals surface area contributed by atoms with Crippen molar-refractivity contribution in [2.45, 2.75) is 42.3 Å². The fraction of sp³-hybridized carbons (Fsp3) is 0.500. The largest absolute Gasteiger partial charge is 0.495 e. The first-order valence-corrected chi connectivity index (χ1v) is 11.7. The molecule has 1 heterocycles. The topological polar surface area (TPSA) is 106 Å². The van der Waals surface area contributed by atoms with Crippen molar-refractivity contribution in [2.24, 2.45) is 0 Å². The second-order valence-electron chi connectivity index (χ2n) is 6.85. The van der Waals surface area contributed by atoms with Crippen molar-refractivity contribution in [2.75, 3.05) is 32.3 Å². The zero-order valence-electron chi connectivity index (χ0n) is 16.9. The van der Waals surface area contributed by atoms with Gasteiger partial charge in [0.2, 0.25) is 15.9 Å². The van der Waals surface area contributed by atoms with Crippen molar-refractivity contribution < 1.29 is 17.9 Å². The number of benzene rings is 1. The molecule has 0 saturated heterocycles. The minimum absolute atomic E-state index is 0.00439. The minimum atomic E-state index is -3.71. The number of carbonyl (C=O) groups excluding carboxylic acids is 1. The van der Waals surface area contributed by atoms with E-state index >= 15 is 0 Å². The molecular formula is C18H25N5O4S2. The molecule has 1 aromatic carbocycles. The first-order chi connectivity index (χ1) is 13.8. The summed E-state index contributed by atoms with van der Waals surface area (Å²) in [5.74, 6) is 1.58. The number of amides is 1. The van der Waals surface area contributed by atoms with Gasteiger partial charge in [0.1, 0.15) is 16.5 Å². The third-order valence-corrected chi connectivity index (χ3v) is 7.35. The van der Waals surface area contributed by atoms with Crippen LogP contribution in [-0.2, 0) is 21.4 Å². The van der Waals surface area contributed by atoms with E-state index in [0.29, 0.717) is 11.6 Å². The van der Waals surface area contributed by atoms with Crippen LogP contribution < -0.4 is 10.1 Å². The summed E-state index contributed by atoms with van der Waals surface area (Å²) in [6.45, 7) is 2.79. The zero-order chi connectivity index (χ0) is 21.2. The highest BCUT2D eigenvalue weighted by Crippen LogP contribution is 2.40. The van der Waals surface area contributed by atoms with Gasteiger partial charge in [-0.2, -0.15) is 0 Å². The van der Waals surface area contributed by atoms with Crippen LogP contribution in [0.4, 0.5) is 5.69 Å². The maximum atomic E-state index is 12.5. The number of carbonyl (C=O) groups is 1. The molecule has 3 rings (SSSR count). The van der Waals surface area contributed by atoms with E-state index in [9.17, 15) is 13.2 Å². The van der Waals surface area contributed by atoms with Gasteiger partial charge in [-0.25, -0.2) is 12.7 Å². The van der Waals surface area contributed by atoms with E-state index in [1.54, 1.807) is 6.07 Å². The highest BCUT2D eigenvalue weighted by Gasteiger charge is 2.30. The number of nitrogens with one attached hydrogen (secondary N) is 1. The Morgan fingerprint density at radius 1 is 1.34 bits per heavy atom. The van der Waals surface area contributed by atoms with Crippen LogP contribution >= 0.6 is 11.8 Å². The van der Waals surface area contributed by atoms with Crippen molar-refractivity contribution in [1.29, 1.82) is 0 Å². The van der Waals surface area contributed by atoms with E-state index in [-0.39, 0.29) is 22.3 Å². The average molecular weight is 440 g/mol. The zero-order valence-corrected chi connectivity index (χ0v) is 18.5. The Morgan fingerprint density at radius 2 is 2.07 bits per heavy atom. The predicted molar refractivity (Wildman–Crippen MR) is 111 cm³/mol. The van der Waals surface area contributed by atoms with Crippen molar-refractivity contribution >= 4 is 33.4 Å². The summed E-state index contributed by atoms with van der Waals surface area (Å²) in [6.07, 6.45) is 2.28. The van der Waals surface area contributed by atoms with Gasteiger partial charge in [-0.3, -0.25) is 4.79 Å². The van der Waals surface area contributed by atoms with Gasteiger partial charge in [0.05, 0.1) is 12.9 Å². The Hall–Kier alpha value is -2.11. The summed E-state index contributed by atoms with van der Waals surface area (Å²) >= 11 is 1.31. The molecule has 9 nitrogen and oxygen atoms in total. The van der Waals surface area contributed by atoms with Crippen molar-refractivity contribution in [1.82, 2.24) is 19.1 Å². The summed E-state index contributed by atoms with van der Waals surface area (Å²) in [5, 5.41) is 11.9. The third-order valence-electron chi connectivity index (χ3n) is 4.54. The van der Waals surface area contributed by atoms with E-state index in [0.717, 1.165) is 34.7 Å². The number of rotatable bonds is 9. The van der Waals surface area contributed by atoms with Crippen LogP contribution in [0.1, 0.15) is 31.5 Å². The molecule has 1 fully saturated rings. The molecule has 1 N–H and O–H groups in total. The Morgan fingerprint density at radius 3 is 2.66 bits per heavy atom. The van der Waals surface area contributed by atoms with E-state index in [2.05, 4.69) is 15.5 Å². The van der Waals surface area contributed by atoms with Gasteiger partial charge < -0.3 is 14.6 Å². The number of aromatic nitrogens is 3. The number of hydrogen-bond acceptors (Lipinski definition) is 7. The van der Waals surface area contributed by atoms with Gasteiger partial charge in [0, 0.05) is 32.2 Å². The highest BCUT2D eigenvalue weighted by atomic mass is 32.2. The minimum Gasteiger partial charge on any atom is -0.495 e. The summed E-state index contributed by atoms with van der Waals surface area (Å²) in [7, 11) is 0.572. The monoisotopic (exact) mass is 439 g/mol. The molecule has 1 aromatic heterocycles. The second kappa shape index (κ2) is 8.72. The molecule has 29 heavy (non-hydrogen) atoms. The SMILES string of the molecule is CCn1c(SCC(=O)Nc2ccc(OC)c(S(=O)(=O)N(C)C)c2)nnc1C1CC1. The van der Waals surface area contributed by atoms with Gasteiger partial charge in [-0.05, 0) is 38.0 Å². The van der Waals surface area contributed by atoms with Crippen LogP contribution in [0.5, 0.6) is 5.75 Å². The normalized spacial score (nSPS) is 14.2. The molecule has 0 aliphatic heterocycles. The lowest BCUT2D eigenvalue weighted by molar-refractivity contribution is -0.113. The van der Waals surface area contributed by atoms with Gasteiger partial charge in [0.15, 0.2) is 5.16 Å². The number of hydrogen-bond donors (Lipinski definition) is 1. The molecule has 0 spiro atoms. The molecule has 1 aliphatic carbocycles. The number of thioether (sulfide) groups is 1. The van der Waals surface area contributed by atoms with Crippen LogP contribution in [0.3, 0.4) is 0 Å². The Labute approximate surface area is 174 Å². The molecule has 0 radical (unpaired) electrons. The van der Waals surface area contributed by atoms with E-state index in [1.807, 2.05) is 11.5 Å². The fourth-order valence-corrected chi connectivity index (χ4v) is 4.71. The first-order valence-electron chi connectivity index (χ1n) is 9.24. The molecule has 1 amide bonds. The van der Waals surface area contributed by atoms with E-state index in [1.165, 1.54) is 45.1 Å². The molecule has 0 atom stereocenters. The Balaban J connectivity index is 1.70. The summed E-state index contributed by atoms with van der Waals surface area (Å²) < 4.78 is 33.3. The molecule has 1 aliphatic rings. The highest BCUT2D eigenvalue weighted by molar-refractivity contribution is 7.99. The molecule has 158 valence electrons. The van der Waals surface area contributed by atoms with Crippen molar-refractivity contribution in [3.63, 3.8) is 0 Å². The van der Waals surface area contributed by atoms with Crippen molar-refractivity contribution in [3.05, 3.63) is 24.0 Å². The van der Waals surface area contributed by atoms with E-state index < -0.39 is 10.0 Å². The summed E-state index contributed by atoms with van der Waals surface area (Å²) in [6, 6.07) is 4.53. The lowest BCUT2D eigenvalue weighted by Crippen LogP contribution is -2.23. The van der Waals surface area contributed by atoms with E-state index in [4.69, 9.17) is 4.74 Å². The number of sulfonamides is 1. The number of methoxy groups -OCH3 is 1. The van der Waals surface area contributed by atoms with Gasteiger partial charge in [-0.15, -0.1) is 10.2 Å². The molecule has 0 unspecified atom stereocenters. The number of ether oxygens (including phenoxy) is 1. The summed E-state index contributed by atoms with van der Waals surface area (Å²) in [4.78, 5) is 12.4. The lowest BCUT2D eigenvalue weighted by atomic mass is 10.3. The molecule has 11 heteroatoms. The van der Waals surface area contributed by atoms with Crippen LogP contribution in [0.25, 0.3) is 0 Å². The van der Waals surface area contributed by atoms with Gasteiger partial charge in [-0.1, -0.05) is 11.8 Å². The number of nitrogens with zero attached hydrogens (tertiary/aromatic N) is 4. The molecule has 1 saturated carbocycles. The lowest BCUT2D eigenvalue weighted by Gasteiger charge is -2.16. The van der Waals surface area contributed by atoms with Crippen LogP contribution in [0.2, 0.25) is 0 Å². The standard InChI is InChI=1S/C18H25N5O4S2/c1-5-23-17(12-6-7-12)20-21-18(23)28-11-16(24)19-13-8-9-14(27-4)15(10-13)29(25,26)22(2)3/h8-10,12H,5-7,11H2,1-4H3,(H,19,24). The quantitative estimate of drug-likeness (QED) is 0.597. The first kappa shape index (κ1) is 21.6.